The fourth-order valence-electron chi connectivity index (χ4n) is 2.30. The Bertz CT molecular complexity index is 530. The van der Waals surface area contributed by atoms with Crippen molar-refractivity contribution in [2.24, 2.45) is 4.99 Å². The molecule has 0 spiro atoms. The van der Waals surface area contributed by atoms with Crippen molar-refractivity contribution in [3.05, 3.63) is 29.8 Å². The van der Waals surface area contributed by atoms with Gasteiger partial charge in [0.1, 0.15) is 5.75 Å². The molecule has 0 saturated heterocycles. The molecule has 0 fully saturated rings. The summed E-state index contributed by atoms with van der Waals surface area (Å²) in [5, 5.41) is 6.68. The third kappa shape index (κ3) is 6.02. The molecule has 24 heavy (non-hydrogen) atoms. The first-order valence-electron chi connectivity index (χ1n) is 8.13. The standard InChI is InChI=1S/C18H32N4O2/c1-18(2,24-7)13-21-17(19-3)20-12-15(22(4)5)14-10-8-9-11-16(14)23-6/h8-11,15H,12-13H2,1-7H3,(H2,19,20,21). The molecule has 1 aromatic rings. The van der Waals surface area contributed by atoms with E-state index in [-0.39, 0.29) is 11.6 Å². The average molecular weight is 336 g/mol. The van der Waals surface area contributed by atoms with Gasteiger partial charge in [-0.25, -0.2) is 0 Å². The fourth-order valence-corrected chi connectivity index (χ4v) is 2.30. The molecule has 1 atom stereocenters. The van der Waals surface area contributed by atoms with Gasteiger partial charge < -0.3 is 25.0 Å². The van der Waals surface area contributed by atoms with Gasteiger partial charge in [-0.2, -0.15) is 0 Å². The minimum absolute atomic E-state index is 0.162. The highest BCUT2D eigenvalue weighted by atomic mass is 16.5. The Morgan fingerprint density at radius 3 is 2.42 bits per heavy atom. The molecule has 0 saturated carbocycles. The molecule has 0 aliphatic rings. The van der Waals surface area contributed by atoms with Crippen molar-refractivity contribution < 1.29 is 9.47 Å². The third-order valence-corrected chi connectivity index (χ3v) is 4.04. The first-order chi connectivity index (χ1) is 11.3. The van der Waals surface area contributed by atoms with Gasteiger partial charge in [-0.1, -0.05) is 18.2 Å². The van der Waals surface area contributed by atoms with Crippen LogP contribution >= 0.6 is 0 Å². The normalized spacial score (nSPS) is 13.8. The predicted molar refractivity (Wildman–Crippen MR) is 99.9 cm³/mol. The Morgan fingerprint density at radius 1 is 1.21 bits per heavy atom. The Balaban J connectivity index is 2.75. The Hall–Kier alpha value is -1.79. The number of para-hydroxylation sites is 1. The van der Waals surface area contributed by atoms with E-state index in [0.29, 0.717) is 13.1 Å². The maximum Gasteiger partial charge on any atom is 0.191 e. The first-order valence-corrected chi connectivity index (χ1v) is 8.13. The molecule has 136 valence electrons. The highest BCUT2D eigenvalue weighted by Gasteiger charge is 2.20. The van der Waals surface area contributed by atoms with E-state index in [1.54, 1.807) is 21.3 Å². The number of hydrogen-bond acceptors (Lipinski definition) is 4. The average Bonchev–Trinajstić information content (AvgIpc) is 2.57. The van der Waals surface area contributed by atoms with Gasteiger partial charge in [0.15, 0.2) is 5.96 Å². The van der Waals surface area contributed by atoms with E-state index in [0.717, 1.165) is 17.3 Å². The van der Waals surface area contributed by atoms with Crippen LogP contribution in [-0.4, -0.2) is 64.9 Å². The zero-order valence-corrected chi connectivity index (χ0v) is 16.0. The molecular weight excluding hydrogens is 304 g/mol. The van der Waals surface area contributed by atoms with Crippen LogP contribution in [0, 0.1) is 0 Å². The second-order valence-corrected chi connectivity index (χ2v) is 6.49. The molecule has 0 aromatic heterocycles. The van der Waals surface area contributed by atoms with Crippen molar-refractivity contribution in [2.75, 3.05) is 48.5 Å². The molecule has 1 unspecified atom stereocenters. The van der Waals surface area contributed by atoms with Gasteiger partial charge in [-0.15, -0.1) is 0 Å². The van der Waals surface area contributed by atoms with E-state index in [4.69, 9.17) is 9.47 Å². The molecule has 0 heterocycles. The number of hydrogen-bond donors (Lipinski definition) is 2. The molecule has 0 amide bonds. The molecule has 1 aromatic carbocycles. The number of nitrogens with zero attached hydrogens (tertiary/aromatic N) is 2. The molecule has 6 heteroatoms. The summed E-state index contributed by atoms with van der Waals surface area (Å²) in [6.45, 7) is 5.44. The largest absolute Gasteiger partial charge is 0.496 e. The van der Waals surface area contributed by atoms with Gasteiger partial charge in [-0.05, 0) is 34.0 Å². The second kappa shape index (κ2) is 9.49. The number of guanidine groups is 1. The smallest absolute Gasteiger partial charge is 0.191 e. The fraction of sp³-hybridized carbons (Fsp3) is 0.611. The van der Waals surface area contributed by atoms with Gasteiger partial charge in [0.25, 0.3) is 0 Å². The summed E-state index contributed by atoms with van der Waals surface area (Å²) in [7, 11) is 9.29. The molecular formula is C18H32N4O2. The number of methoxy groups -OCH3 is 2. The molecule has 0 aliphatic carbocycles. The highest BCUT2D eigenvalue weighted by Crippen LogP contribution is 2.27. The van der Waals surface area contributed by atoms with E-state index in [1.807, 2.05) is 32.0 Å². The summed E-state index contributed by atoms with van der Waals surface area (Å²) in [5.41, 5.74) is 0.895. The molecule has 2 N–H and O–H groups in total. The number of ether oxygens (including phenoxy) is 2. The molecule has 1 rings (SSSR count). The van der Waals surface area contributed by atoms with Crippen molar-refractivity contribution >= 4 is 5.96 Å². The lowest BCUT2D eigenvalue weighted by atomic mass is 10.0. The van der Waals surface area contributed by atoms with Crippen LogP contribution < -0.4 is 15.4 Å². The summed E-state index contributed by atoms with van der Waals surface area (Å²) in [6, 6.07) is 8.25. The maximum atomic E-state index is 5.50. The van der Waals surface area contributed by atoms with E-state index in [9.17, 15) is 0 Å². The number of benzene rings is 1. The van der Waals surface area contributed by atoms with Gasteiger partial charge in [0, 0.05) is 32.8 Å². The zero-order valence-electron chi connectivity index (χ0n) is 16.0. The van der Waals surface area contributed by atoms with Crippen molar-refractivity contribution in [2.45, 2.75) is 25.5 Å². The first kappa shape index (κ1) is 20.3. The van der Waals surface area contributed by atoms with Crippen LogP contribution in [0.3, 0.4) is 0 Å². The quantitative estimate of drug-likeness (QED) is 0.561. The van der Waals surface area contributed by atoms with Gasteiger partial charge in [-0.3, -0.25) is 4.99 Å². The van der Waals surface area contributed by atoms with Crippen molar-refractivity contribution in [1.82, 2.24) is 15.5 Å². The maximum absolute atomic E-state index is 5.50. The van der Waals surface area contributed by atoms with Crippen molar-refractivity contribution in [3.63, 3.8) is 0 Å². The van der Waals surface area contributed by atoms with Crippen LogP contribution in [-0.2, 0) is 4.74 Å². The van der Waals surface area contributed by atoms with Crippen LogP contribution in [0.15, 0.2) is 29.3 Å². The van der Waals surface area contributed by atoms with Crippen molar-refractivity contribution in [1.29, 1.82) is 0 Å². The lowest BCUT2D eigenvalue weighted by molar-refractivity contribution is 0.0268. The number of rotatable bonds is 8. The molecule has 0 radical (unpaired) electrons. The second-order valence-electron chi connectivity index (χ2n) is 6.49. The van der Waals surface area contributed by atoms with E-state index in [1.165, 1.54) is 0 Å². The summed E-state index contributed by atoms with van der Waals surface area (Å²) in [4.78, 5) is 6.45. The predicted octanol–water partition coefficient (Wildman–Crippen LogP) is 1.89. The van der Waals surface area contributed by atoms with Gasteiger partial charge in [0.2, 0.25) is 0 Å². The number of likely N-dealkylation sites (N-methyl/N-ethyl adjacent to an activating group) is 1. The number of nitrogens with one attached hydrogen (secondary N) is 2. The van der Waals surface area contributed by atoms with Crippen LogP contribution in [0.5, 0.6) is 5.75 Å². The van der Waals surface area contributed by atoms with Crippen LogP contribution in [0.2, 0.25) is 0 Å². The minimum Gasteiger partial charge on any atom is -0.496 e. The van der Waals surface area contributed by atoms with Crippen molar-refractivity contribution in [3.8, 4) is 5.75 Å². The van der Waals surface area contributed by atoms with E-state index >= 15 is 0 Å². The zero-order chi connectivity index (χ0) is 18.2. The third-order valence-electron chi connectivity index (χ3n) is 4.04. The van der Waals surface area contributed by atoms with Crippen LogP contribution in [0.4, 0.5) is 0 Å². The number of aliphatic imine (C=N–C) groups is 1. The molecule has 0 aliphatic heterocycles. The Kier molecular flexibility index (Phi) is 8.01. The lowest BCUT2D eigenvalue weighted by Crippen LogP contribution is -2.47. The lowest BCUT2D eigenvalue weighted by Gasteiger charge is -2.28. The Labute approximate surface area is 146 Å². The van der Waals surface area contributed by atoms with Crippen LogP contribution in [0.1, 0.15) is 25.5 Å². The Morgan fingerprint density at radius 2 is 1.88 bits per heavy atom. The van der Waals surface area contributed by atoms with Gasteiger partial charge >= 0.3 is 0 Å². The minimum atomic E-state index is -0.249. The summed E-state index contributed by atoms with van der Waals surface area (Å²) >= 11 is 0. The monoisotopic (exact) mass is 336 g/mol. The molecule has 6 nitrogen and oxygen atoms in total. The van der Waals surface area contributed by atoms with Crippen LogP contribution in [0.25, 0.3) is 0 Å². The molecule has 0 bridgehead atoms. The van der Waals surface area contributed by atoms with E-state index in [2.05, 4.69) is 40.7 Å². The highest BCUT2D eigenvalue weighted by molar-refractivity contribution is 5.79. The SMILES string of the molecule is CN=C(NCC(c1ccccc1OC)N(C)C)NCC(C)(C)OC. The summed E-state index contributed by atoms with van der Waals surface area (Å²) in [6.07, 6.45) is 0. The summed E-state index contributed by atoms with van der Waals surface area (Å²) in [5.74, 6) is 1.64. The topological polar surface area (TPSA) is 58.1 Å². The summed E-state index contributed by atoms with van der Waals surface area (Å²) < 4.78 is 10.9. The van der Waals surface area contributed by atoms with Gasteiger partial charge in [0.05, 0.1) is 18.8 Å². The van der Waals surface area contributed by atoms with E-state index < -0.39 is 0 Å².